The Morgan fingerprint density at radius 1 is 1.54 bits per heavy atom. The minimum Gasteiger partial charge on any atom is -0.480 e. The minimum atomic E-state index is -1.10. The summed E-state index contributed by atoms with van der Waals surface area (Å²) in [5, 5.41) is 19.1. The predicted octanol–water partition coefficient (Wildman–Crippen LogP) is -0.907. The van der Waals surface area contributed by atoms with Crippen molar-refractivity contribution in [3.63, 3.8) is 0 Å². The third-order valence-corrected chi connectivity index (χ3v) is 1.64. The molecule has 0 aliphatic carbocycles. The van der Waals surface area contributed by atoms with Crippen LogP contribution < -0.4 is 5.32 Å². The lowest BCUT2D eigenvalue weighted by molar-refractivity contribution is -0.135. The number of amides is 2. The van der Waals surface area contributed by atoms with E-state index in [-0.39, 0.29) is 12.6 Å². The van der Waals surface area contributed by atoms with Crippen molar-refractivity contribution >= 4 is 12.0 Å². The van der Waals surface area contributed by atoms with Crippen molar-refractivity contribution in [2.75, 3.05) is 20.2 Å². The number of carbonyl (C=O) groups is 2. The number of rotatable bonds is 4. The highest BCUT2D eigenvalue weighted by Crippen LogP contribution is 1.93. The van der Waals surface area contributed by atoms with Crippen molar-refractivity contribution in [3.05, 3.63) is 0 Å². The van der Waals surface area contributed by atoms with Crippen LogP contribution >= 0.6 is 0 Å². The van der Waals surface area contributed by atoms with Gasteiger partial charge in [0.1, 0.15) is 6.54 Å². The van der Waals surface area contributed by atoms with Gasteiger partial charge in [-0.1, -0.05) is 0 Å². The highest BCUT2D eigenvalue weighted by atomic mass is 16.4. The normalized spacial score (nSPS) is 11.9. The fourth-order valence-corrected chi connectivity index (χ4v) is 0.599. The Kier molecular flexibility index (Phi) is 4.83. The number of hydrogen-bond acceptors (Lipinski definition) is 3. The second-order valence-electron chi connectivity index (χ2n) is 2.69. The summed E-state index contributed by atoms with van der Waals surface area (Å²) in [5.74, 6) is -1.10. The highest BCUT2D eigenvalue weighted by molar-refractivity contribution is 5.79. The van der Waals surface area contributed by atoms with Crippen molar-refractivity contribution in [2.24, 2.45) is 0 Å². The number of aliphatic carboxylic acids is 1. The first-order chi connectivity index (χ1) is 5.99. The summed E-state index contributed by atoms with van der Waals surface area (Å²) in [6.07, 6.45) is 0. The third-order valence-electron chi connectivity index (χ3n) is 1.64. The number of carbonyl (C=O) groups excluding carboxylic acids is 1. The molecular weight excluding hydrogens is 176 g/mol. The number of nitrogens with one attached hydrogen (secondary N) is 1. The van der Waals surface area contributed by atoms with Crippen molar-refractivity contribution in [3.8, 4) is 0 Å². The van der Waals surface area contributed by atoms with Gasteiger partial charge in [0.25, 0.3) is 0 Å². The van der Waals surface area contributed by atoms with E-state index in [1.54, 1.807) is 6.92 Å². The molecule has 13 heavy (non-hydrogen) atoms. The molecular formula is C7H14N2O4. The van der Waals surface area contributed by atoms with Gasteiger partial charge in [-0.15, -0.1) is 0 Å². The molecule has 1 unspecified atom stereocenters. The number of likely N-dealkylation sites (N-methyl/N-ethyl adjacent to an activating group) is 1. The smallest absolute Gasteiger partial charge is 0.323 e. The first-order valence-electron chi connectivity index (χ1n) is 3.82. The molecule has 6 heteroatoms. The SMILES string of the molecule is CC(CO)N(C)C(=O)NCC(=O)O. The van der Waals surface area contributed by atoms with Crippen molar-refractivity contribution in [1.82, 2.24) is 10.2 Å². The van der Waals surface area contributed by atoms with Crippen LogP contribution in [0.4, 0.5) is 4.79 Å². The van der Waals surface area contributed by atoms with E-state index in [0.717, 1.165) is 0 Å². The number of hydrogen-bond donors (Lipinski definition) is 3. The zero-order valence-corrected chi connectivity index (χ0v) is 7.65. The van der Waals surface area contributed by atoms with Crippen molar-refractivity contribution in [1.29, 1.82) is 0 Å². The molecule has 0 heterocycles. The van der Waals surface area contributed by atoms with E-state index in [9.17, 15) is 9.59 Å². The molecule has 2 amide bonds. The Labute approximate surface area is 76.2 Å². The number of aliphatic hydroxyl groups excluding tert-OH is 1. The van der Waals surface area contributed by atoms with Crippen molar-refractivity contribution < 1.29 is 19.8 Å². The van der Waals surface area contributed by atoms with Gasteiger partial charge in [-0.2, -0.15) is 0 Å². The van der Waals surface area contributed by atoms with Crippen LogP contribution in [-0.2, 0) is 4.79 Å². The van der Waals surface area contributed by atoms with Gasteiger partial charge in [-0.05, 0) is 6.92 Å². The van der Waals surface area contributed by atoms with E-state index in [1.807, 2.05) is 0 Å². The summed E-state index contributed by atoms with van der Waals surface area (Å²) in [6.45, 7) is 1.08. The van der Waals surface area contributed by atoms with Gasteiger partial charge in [-0.3, -0.25) is 4.79 Å². The Morgan fingerprint density at radius 3 is 2.46 bits per heavy atom. The second-order valence-corrected chi connectivity index (χ2v) is 2.69. The molecule has 0 saturated heterocycles. The Hall–Kier alpha value is -1.30. The van der Waals surface area contributed by atoms with Gasteiger partial charge < -0.3 is 20.4 Å². The summed E-state index contributed by atoms with van der Waals surface area (Å²) in [4.78, 5) is 22.4. The number of carboxylic acid groups (broad SMARTS) is 1. The number of nitrogens with zero attached hydrogens (tertiary/aromatic N) is 1. The van der Waals surface area contributed by atoms with Crippen LogP contribution in [0.3, 0.4) is 0 Å². The maximum atomic E-state index is 11.1. The van der Waals surface area contributed by atoms with Gasteiger partial charge in [0, 0.05) is 7.05 Å². The molecule has 0 aliphatic rings. The topological polar surface area (TPSA) is 89.9 Å². The first kappa shape index (κ1) is 11.7. The summed E-state index contributed by atoms with van der Waals surface area (Å²) in [7, 11) is 1.48. The molecule has 6 nitrogen and oxygen atoms in total. The summed E-state index contributed by atoms with van der Waals surface area (Å²) < 4.78 is 0. The molecule has 0 aliphatic heterocycles. The fourth-order valence-electron chi connectivity index (χ4n) is 0.599. The Morgan fingerprint density at radius 2 is 2.08 bits per heavy atom. The van der Waals surface area contributed by atoms with Crippen LogP contribution in [-0.4, -0.2) is 53.4 Å². The van der Waals surface area contributed by atoms with E-state index in [2.05, 4.69) is 5.32 Å². The average Bonchev–Trinajstić information content (AvgIpc) is 2.11. The van der Waals surface area contributed by atoms with Gasteiger partial charge in [-0.25, -0.2) is 4.79 Å². The van der Waals surface area contributed by atoms with E-state index >= 15 is 0 Å². The highest BCUT2D eigenvalue weighted by Gasteiger charge is 2.14. The van der Waals surface area contributed by atoms with Crippen LogP contribution in [0.1, 0.15) is 6.92 Å². The lowest BCUT2D eigenvalue weighted by Gasteiger charge is -2.22. The van der Waals surface area contributed by atoms with Crippen LogP contribution in [0.5, 0.6) is 0 Å². The molecule has 0 bridgehead atoms. The molecule has 0 aromatic carbocycles. The quantitative estimate of drug-likeness (QED) is 0.535. The standard InChI is InChI=1S/C7H14N2O4/c1-5(4-10)9(2)7(13)8-3-6(11)12/h5,10H,3-4H2,1-2H3,(H,8,13)(H,11,12). The molecule has 3 N–H and O–H groups in total. The average molecular weight is 190 g/mol. The van der Waals surface area contributed by atoms with E-state index in [1.165, 1.54) is 11.9 Å². The molecule has 0 spiro atoms. The maximum Gasteiger partial charge on any atom is 0.323 e. The van der Waals surface area contributed by atoms with Crippen LogP contribution in [0, 0.1) is 0 Å². The fraction of sp³-hybridized carbons (Fsp3) is 0.714. The zero-order chi connectivity index (χ0) is 10.4. The minimum absolute atomic E-state index is 0.156. The maximum absolute atomic E-state index is 11.1. The molecule has 0 fully saturated rings. The van der Waals surface area contributed by atoms with Gasteiger partial charge in [0.2, 0.25) is 0 Å². The molecule has 0 aromatic rings. The lowest BCUT2D eigenvalue weighted by Crippen LogP contribution is -2.45. The van der Waals surface area contributed by atoms with E-state index in [0.29, 0.717) is 0 Å². The summed E-state index contributed by atoms with van der Waals surface area (Å²) in [6, 6.07) is -0.835. The van der Waals surface area contributed by atoms with E-state index < -0.39 is 18.5 Å². The second kappa shape index (κ2) is 5.36. The molecule has 0 saturated carbocycles. The Balaban J connectivity index is 3.89. The van der Waals surface area contributed by atoms with Crippen LogP contribution in [0.15, 0.2) is 0 Å². The monoisotopic (exact) mass is 190 g/mol. The number of carboxylic acids is 1. The van der Waals surface area contributed by atoms with Crippen molar-refractivity contribution in [2.45, 2.75) is 13.0 Å². The predicted molar refractivity (Wildman–Crippen MR) is 45.3 cm³/mol. The molecule has 0 rings (SSSR count). The van der Waals surface area contributed by atoms with Crippen LogP contribution in [0.2, 0.25) is 0 Å². The third kappa shape index (κ3) is 4.32. The van der Waals surface area contributed by atoms with Gasteiger partial charge in [0.15, 0.2) is 0 Å². The lowest BCUT2D eigenvalue weighted by atomic mass is 10.3. The summed E-state index contributed by atoms with van der Waals surface area (Å²) in [5.41, 5.74) is 0. The molecule has 0 radical (unpaired) electrons. The number of aliphatic hydroxyl groups is 1. The number of urea groups is 1. The largest absolute Gasteiger partial charge is 0.480 e. The molecule has 1 atom stereocenters. The molecule has 76 valence electrons. The van der Waals surface area contributed by atoms with E-state index in [4.69, 9.17) is 10.2 Å². The summed E-state index contributed by atoms with van der Waals surface area (Å²) >= 11 is 0. The Bertz CT molecular complexity index is 195. The van der Waals surface area contributed by atoms with Gasteiger partial charge >= 0.3 is 12.0 Å². The van der Waals surface area contributed by atoms with Gasteiger partial charge in [0.05, 0.1) is 12.6 Å². The molecule has 0 aromatic heterocycles. The first-order valence-corrected chi connectivity index (χ1v) is 3.82. The van der Waals surface area contributed by atoms with Crippen LogP contribution in [0.25, 0.3) is 0 Å². The zero-order valence-electron chi connectivity index (χ0n) is 7.65.